The standard InChI is InChI=1S/C23H22N4O2S/c1-13-5-8-17(9-6-13)20-18(12-24)22(29)27-23(26-20)30-16(4)21(28)25-19-10-7-14(2)11-15(19)3/h5-11,16H,1-4H3,(H,25,28)(H,26,27,29)/t16-/m0/s1. The van der Waals surface area contributed by atoms with Gasteiger partial charge in [0.25, 0.3) is 5.56 Å². The number of rotatable bonds is 5. The van der Waals surface area contributed by atoms with Crippen LogP contribution < -0.4 is 10.9 Å². The molecule has 0 unspecified atom stereocenters. The Morgan fingerprint density at radius 3 is 2.43 bits per heavy atom. The number of carbonyl (C=O) groups is 1. The van der Waals surface area contributed by atoms with Crippen molar-refractivity contribution in [3.63, 3.8) is 0 Å². The molecule has 0 saturated heterocycles. The first-order valence-electron chi connectivity index (χ1n) is 9.44. The van der Waals surface area contributed by atoms with Crippen molar-refractivity contribution in [2.24, 2.45) is 0 Å². The van der Waals surface area contributed by atoms with Crippen LogP contribution in [0.4, 0.5) is 5.69 Å². The molecule has 3 rings (SSSR count). The van der Waals surface area contributed by atoms with Gasteiger partial charge in [-0.25, -0.2) is 4.98 Å². The van der Waals surface area contributed by atoms with E-state index in [0.29, 0.717) is 11.3 Å². The van der Waals surface area contributed by atoms with Crippen molar-refractivity contribution in [3.8, 4) is 17.3 Å². The van der Waals surface area contributed by atoms with Gasteiger partial charge in [0.2, 0.25) is 5.91 Å². The summed E-state index contributed by atoms with van der Waals surface area (Å²) in [6.45, 7) is 7.63. The predicted molar refractivity (Wildman–Crippen MR) is 120 cm³/mol. The largest absolute Gasteiger partial charge is 0.325 e. The fraction of sp³-hybridized carbons (Fsp3) is 0.217. The zero-order valence-corrected chi connectivity index (χ0v) is 18.1. The van der Waals surface area contributed by atoms with E-state index in [1.807, 2.05) is 69.3 Å². The Labute approximate surface area is 179 Å². The van der Waals surface area contributed by atoms with Crippen molar-refractivity contribution in [2.75, 3.05) is 5.32 Å². The summed E-state index contributed by atoms with van der Waals surface area (Å²) in [4.78, 5) is 32.1. The third kappa shape index (κ3) is 4.78. The van der Waals surface area contributed by atoms with E-state index in [4.69, 9.17) is 0 Å². The summed E-state index contributed by atoms with van der Waals surface area (Å²) < 4.78 is 0. The Morgan fingerprint density at radius 1 is 1.13 bits per heavy atom. The highest BCUT2D eigenvalue weighted by Gasteiger charge is 2.19. The Morgan fingerprint density at radius 2 is 1.80 bits per heavy atom. The molecule has 1 amide bonds. The van der Waals surface area contributed by atoms with Crippen LogP contribution in [0.5, 0.6) is 0 Å². The minimum Gasteiger partial charge on any atom is -0.325 e. The summed E-state index contributed by atoms with van der Waals surface area (Å²) in [5.41, 5.74) is 4.34. The minimum absolute atomic E-state index is 0.0458. The van der Waals surface area contributed by atoms with Gasteiger partial charge < -0.3 is 10.3 Å². The lowest BCUT2D eigenvalue weighted by atomic mass is 10.1. The predicted octanol–water partition coefficient (Wildman–Crippen LogP) is 4.35. The molecule has 1 atom stereocenters. The number of hydrogen-bond donors (Lipinski definition) is 2. The van der Waals surface area contributed by atoms with E-state index in [9.17, 15) is 14.9 Å². The minimum atomic E-state index is -0.521. The number of aromatic nitrogens is 2. The molecule has 0 bridgehead atoms. The third-order valence-corrected chi connectivity index (χ3v) is 5.62. The lowest BCUT2D eigenvalue weighted by Gasteiger charge is -2.14. The molecule has 0 radical (unpaired) electrons. The highest BCUT2D eigenvalue weighted by atomic mass is 32.2. The van der Waals surface area contributed by atoms with E-state index in [0.717, 1.165) is 34.1 Å². The molecule has 1 heterocycles. The third-order valence-electron chi connectivity index (χ3n) is 4.63. The van der Waals surface area contributed by atoms with Crippen molar-refractivity contribution in [1.82, 2.24) is 9.97 Å². The van der Waals surface area contributed by atoms with Gasteiger partial charge in [-0.2, -0.15) is 5.26 Å². The first kappa shape index (κ1) is 21.3. The Balaban J connectivity index is 1.85. The number of H-pyrrole nitrogens is 1. The Kier molecular flexibility index (Phi) is 6.38. The van der Waals surface area contributed by atoms with Gasteiger partial charge in [-0.05, 0) is 39.3 Å². The maximum Gasteiger partial charge on any atom is 0.270 e. The Bertz CT molecular complexity index is 1190. The molecule has 1 aromatic heterocycles. The van der Waals surface area contributed by atoms with E-state index >= 15 is 0 Å². The van der Waals surface area contributed by atoms with Gasteiger partial charge in [0.15, 0.2) is 5.16 Å². The number of carbonyl (C=O) groups excluding carboxylic acids is 1. The average molecular weight is 419 g/mol. The van der Waals surface area contributed by atoms with Crippen LogP contribution in [0.15, 0.2) is 52.4 Å². The topological polar surface area (TPSA) is 98.6 Å². The molecule has 3 aromatic rings. The van der Waals surface area contributed by atoms with Crippen molar-refractivity contribution >= 4 is 23.4 Å². The number of nitriles is 1. The molecule has 0 spiro atoms. The van der Waals surface area contributed by atoms with Gasteiger partial charge in [0.1, 0.15) is 11.6 Å². The quantitative estimate of drug-likeness (QED) is 0.474. The van der Waals surface area contributed by atoms with Crippen LogP contribution in [0.1, 0.15) is 29.2 Å². The van der Waals surface area contributed by atoms with Crippen LogP contribution >= 0.6 is 11.8 Å². The monoisotopic (exact) mass is 418 g/mol. The van der Waals surface area contributed by atoms with Crippen LogP contribution in [0.2, 0.25) is 0 Å². The molecular formula is C23H22N4O2S. The summed E-state index contributed by atoms with van der Waals surface area (Å²) in [6, 6.07) is 15.2. The van der Waals surface area contributed by atoms with Crippen LogP contribution in [0, 0.1) is 32.1 Å². The first-order chi connectivity index (χ1) is 14.3. The highest BCUT2D eigenvalue weighted by Crippen LogP contribution is 2.26. The maximum absolute atomic E-state index is 12.7. The second-order valence-electron chi connectivity index (χ2n) is 7.14. The fourth-order valence-electron chi connectivity index (χ4n) is 2.94. The van der Waals surface area contributed by atoms with Gasteiger partial charge >= 0.3 is 0 Å². The summed E-state index contributed by atoms with van der Waals surface area (Å²) in [5, 5.41) is 12.1. The first-order valence-corrected chi connectivity index (χ1v) is 10.3. The van der Waals surface area contributed by atoms with E-state index in [1.54, 1.807) is 6.92 Å². The summed E-state index contributed by atoms with van der Waals surface area (Å²) in [6.07, 6.45) is 0. The number of nitrogens with one attached hydrogen (secondary N) is 2. The van der Waals surface area contributed by atoms with Gasteiger partial charge in [-0.1, -0.05) is 59.3 Å². The molecule has 2 N–H and O–H groups in total. The second kappa shape index (κ2) is 8.97. The lowest BCUT2D eigenvalue weighted by molar-refractivity contribution is -0.115. The molecule has 0 aliphatic rings. The molecular weight excluding hydrogens is 396 g/mol. The van der Waals surface area contributed by atoms with Crippen LogP contribution in [0.25, 0.3) is 11.3 Å². The number of aromatic amines is 1. The number of thioether (sulfide) groups is 1. The van der Waals surface area contributed by atoms with E-state index < -0.39 is 10.8 Å². The number of nitrogens with zero attached hydrogens (tertiary/aromatic N) is 2. The molecule has 0 saturated carbocycles. The SMILES string of the molecule is Cc1ccc(-c2nc(S[C@@H](C)C(=O)Nc3ccc(C)cc3C)[nH]c(=O)c2C#N)cc1. The average Bonchev–Trinajstić information content (AvgIpc) is 2.70. The van der Waals surface area contributed by atoms with Gasteiger partial charge in [-0.3, -0.25) is 9.59 Å². The molecule has 6 nitrogen and oxygen atoms in total. The molecule has 30 heavy (non-hydrogen) atoms. The molecule has 0 aliphatic heterocycles. The van der Waals surface area contributed by atoms with Crippen LogP contribution in [-0.2, 0) is 4.79 Å². The number of benzene rings is 2. The Hall–Kier alpha value is -3.37. The zero-order chi connectivity index (χ0) is 21.8. The summed E-state index contributed by atoms with van der Waals surface area (Å²) in [7, 11) is 0. The number of anilines is 1. The normalized spacial score (nSPS) is 11.6. The smallest absolute Gasteiger partial charge is 0.270 e. The van der Waals surface area contributed by atoms with E-state index in [1.165, 1.54) is 0 Å². The molecule has 7 heteroatoms. The van der Waals surface area contributed by atoms with Crippen LogP contribution in [-0.4, -0.2) is 21.1 Å². The van der Waals surface area contributed by atoms with Gasteiger partial charge in [-0.15, -0.1) is 0 Å². The highest BCUT2D eigenvalue weighted by molar-refractivity contribution is 8.00. The van der Waals surface area contributed by atoms with Crippen LogP contribution in [0.3, 0.4) is 0 Å². The van der Waals surface area contributed by atoms with Gasteiger partial charge in [0.05, 0.1) is 10.9 Å². The summed E-state index contributed by atoms with van der Waals surface area (Å²) >= 11 is 1.14. The van der Waals surface area contributed by atoms with Crippen molar-refractivity contribution in [3.05, 3.63) is 75.1 Å². The number of amides is 1. The number of hydrogen-bond acceptors (Lipinski definition) is 5. The lowest BCUT2D eigenvalue weighted by Crippen LogP contribution is -2.24. The zero-order valence-electron chi connectivity index (χ0n) is 17.2. The van der Waals surface area contributed by atoms with Crippen molar-refractivity contribution in [1.29, 1.82) is 5.26 Å². The van der Waals surface area contributed by atoms with Crippen molar-refractivity contribution in [2.45, 2.75) is 38.1 Å². The molecule has 0 fully saturated rings. The molecule has 0 aliphatic carbocycles. The molecule has 2 aromatic carbocycles. The van der Waals surface area contributed by atoms with Gasteiger partial charge in [0, 0.05) is 11.3 Å². The molecule has 152 valence electrons. The van der Waals surface area contributed by atoms with E-state index in [2.05, 4.69) is 15.3 Å². The summed E-state index contributed by atoms with van der Waals surface area (Å²) in [5.74, 6) is -0.198. The van der Waals surface area contributed by atoms with E-state index in [-0.39, 0.29) is 16.6 Å². The second-order valence-corrected chi connectivity index (χ2v) is 8.47. The van der Waals surface area contributed by atoms with Crippen molar-refractivity contribution < 1.29 is 4.79 Å². The fourth-order valence-corrected chi connectivity index (χ4v) is 3.74. The maximum atomic E-state index is 12.7. The number of aryl methyl sites for hydroxylation is 3.